The molecule has 0 bridgehead atoms. The number of anilines is 1. The minimum atomic E-state index is 0.756. The number of unbranched alkanes of at least 4 members (excludes halogenated alkanes) is 15. The van der Waals surface area contributed by atoms with E-state index in [9.17, 15) is 0 Å². The Morgan fingerprint density at radius 3 is 1.45 bits per heavy atom. The van der Waals surface area contributed by atoms with Gasteiger partial charge in [0.05, 0.1) is 7.11 Å². The first kappa shape index (κ1) is 27.8. The maximum atomic E-state index is 5.74. The van der Waals surface area contributed by atoms with Crippen LogP contribution in [-0.2, 0) is 0 Å². The molecule has 0 amide bonds. The largest absolute Gasteiger partial charge is 0.497 e. The summed E-state index contributed by atoms with van der Waals surface area (Å²) in [4.78, 5) is 2.48. The molecule has 0 radical (unpaired) electrons. The minimum Gasteiger partial charge on any atom is -0.497 e. The fourth-order valence-corrected chi connectivity index (χ4v) is 4.30. The highest BCUT2D eigenvalue weighted by Gasteiger charge is 2.06. The number of hydrogen-bond acceptors (Lipinski definition) is 3. The maximum Gasteiger partial charge on any atom is 0.119 e. The third kappa shape index (κ3) is 15.3. The van der Waals surface area contributed by atoms with E-state index >= 15 is 0 Å². The number of nitrogens with zero attached hydrogens (tertiary/aromatic N) is 1. The second kappa shape index (κ2) is 20.7. The van der Waals surface area contributed by atoms with E-state index in [1.54, 1.807) is 7.11 Å². The zero-order valence-electron chi connectivity index (χ0n) is 20.9. The Balaban J connectivity index is 1.98. The van der Waals surface area contributed by atoms with Gasteiger partial charge < -0.3 is 15.4 Å². The van der Waals surface area contributed by atoms with Gasteiger partial charge in [0.15, 0.2) is 0 Å². The van der Waals surface area contributed by atoms with Crippen molar-refractivity contribution in [2.24, 2.45) is 5.73 Å². The van der Waals surface area contributed by atoms with Crippen molar-refractivity contribution in [3.8, 4) is 5.75 Å². The van der Waals surface area contributed by atoms with Gasteiger partial charge in [-0.3, -0.25) is 0 Å². The van der Waals surface area contributed by atoms with Gasteiger partial charge in [-0.2, -0.15) is 0 Å². The van der Waals surface area contributed by atoms with E-state index in [2.05, 4.69) is 36.1 Å². The van der Waals surface area contributed by atoms with Crippen LogP contribution in [0.5, 0.6) is 5.75 Å². The maximum absolute atomic E-state index is 5.74. The van der Waals surface area contributed by atoms with Crippen LogP contribution in [0.15, 0.2) is 24.3 Å². The zero-order valence-corrected chi connectivity index (χ0v) is 20.9. The van der Waals surface area contributed by atoms with Crippen molar-refractivity contribution in [3.05, 3.63) is 24.3 Å². The third-order valence-electron chi connectivity index (χ3n) is 6.35. The summed E-state index contributed by atoms with van der Waals surface area (Å²) >= 11 is 0. The standard InChI is InChI=1S/C28H52N2O/c1-3-4-5-6-7-8-9-10-11-12-13-14-15-16-17-18-25-30(26-19-24-29)27-20-22-28(31-2)23-21-27/h20-23H,3-19,24-26,29H2,1-2H3. The van der Waals surface area contributed by atoms with Crippen molar-refractivity contribution in [1.82, 2.24) is 0 Å². The second-order valence-corrected chi connectivity index (χ2v) is 9.13. The van der Waals surface area contributed by atoms with Gasteiger partial charge in [0.2, 0.25) is 0 Å². The fourth-order valence-electron chi connectivity index (χ4n) is 4.30. The Morgan fingerprint density at radius 1 is 0.613 bits per heavy atom. The topological polar surface area (TPSA) is 38.5 Å². The molecule has 0 aliphatic carbocycles. The molecule has 0 aliphatic heterocycles. The lowest BCUT2D eigenvalue weighted by Crippen LogP contribution is -2.27. The molecule has 0 saturated carbocycles. The average Bonchev–Trinajstić information content (AvgIpc) is 2.81. The van der Waals surface area contributed by atoms with Crippen LogP contribution in [-0.4, -0.2) is 26.7 Å². The number of hydrogen-bond donors (Lipinski definition) is 1. The van der Waals surface area contributed by atoms with E-state index in [0.717, 1.165) is 31.8 Å². The summed E-state index contributed by atoms with van der Waals surface area (Å²) in [6.45, 7) is 5.22. The second-order valence-electron chi connectivity index (χ2n) is 9.13. The molecule has 31 heavy (non-hydrogen) atoms. The molecule has 0 atom stereocenters. The van der Waals surface area contributed by atoms with E-state index < -0.39 is 0 Å². The molecule has 3 nitrogen and oxygen atoms in total. The first-order chi connectivity index (χ1) is 15.3. The Bertz CT molecular complexity index is 488. The van der Waals surface area contributed by atoms with E-state index in [-0.39, 0.29) is 0 Å². The van der Waals surface area contributed by atoms with Crippen LogP contribution in [0.2, 0.25) is 0 Å². The first-order valence-corrected chi connectivity index (χ1v) is 13.4. The molecule has 2 N–H and O–H groups in total. The van der Waals surface area contributed by atoms with Gasteiger partial charge in [-0.1, -0.05) is 103 Å². The Labute approximate surface area is 194 Å². The minimum absolute atomic E-state index is 0.756. The van der Waals surface area contributed by atoms with Crippen LogP contribution in [0, 0.1) is 0 Å². The Hall–Kier alpha value is -1.22. The summed E-state index contributed by atoms with van der Waals surface area (Å²) < 4.78 is 5.29. The molecule has 0 saturated heterocycles. The highest BCUT2D eigenvalue weighted by Crippen LogP contribution is 2.20. The number of methoxy groups -OCH3 is 1. The molecule has 1 aromatic carbocycles. The van der Waals surface area contributed by atoms with Gasteiger partial charge in [-0.15, -0.1) is 0 Å². The van der Waals surface area contributed by atoms with Gasteiger partial charge in [0, 0.05) is 18.8 Å². The summed E-state index contributed by atoms with van der Waals surface area (Å²) in [6.07, 6.45) is 23.7. The van der Waals surface area contributed by atoms with E-state index in [4.69, 9.17) is 10.5 Å². The van der Waals surface area contributed by atoms with Gasteiger partial charge in [0.1, 0.15) is 5.75 Å². The van der Waals surface area contributed by atoms with Gasteiger partial charge in [-0.05, 0) is 43.7 Å². The molecule has 1 aromatic rings. The monoisotopic (exact) mass is 432 g/mol. The first-order valence-electron chi connectivity index (χ1n) is 13.4. The molecular formula is C28H52N2O. The molecule has 0 spiro atoms. The van der Waals surface area contributed by atoms with Crippen LogP contribution < -0.4 is 15.4 Å². The van der Waals surface area contributed by atoms with Crippen molar-refractivity contribution in [2.75, 3.05) is 31.6 Å². The number of nitrogens with two attached hydrogens (primary N) is 1. The van der Waals surface area contributed by atoms with Crippen molar-refractivity contribution in [2.45, 2.75) is 116 Å². The van der Waals surface area contributed by atoms with Gasteiger partial charge >= 0.3 is 0 Å². The smallest absolute Gasteiger partial charge is 0.119 e. The van der Waals surface area contributed by atoms with Crippen molar-refractivity contribution >= 4 is 5.69 Å². The number of rotatable bonds is 22. The van der Waals surface area contributed by atoms with Crippen molar-refractivity contribution < 1.29 is 4.74 Å². The predicted octanol–water partition coefficient (Wildman–Crippen LogP) is 8.11. The summed E-state index contributed by atoms with van der Waals surface area (Å²) in [7, 11) is 1.72. The Morgan fingerprint density at radius 2 is 1.03 bits per heavy atom. The highest BCUT2D eigenvalue weighted by atomic mass is 16.5. The van der Waals surface area contributed by atoms with Gasteiger partial charge in [0.25, 0.3) is 0 Å². The van der Waals surface area contributed by atoms with Crippen LogP contribution in [0.1, 0.15) is 116 Å². The van der Waals surface area contributed by atoms with Gasteiger partial charge in [-0.25, -0.2) is 0 Å². The number of ether oxygens (including phenoxy) is 1. The summed E-state index contributed by atoms with van der Waals surface area (Å²) in [5, 5.41) is 0. The quantitative estimate of drug-likeness (QED) is 0.188. The summed E-state index contributed by atoms with van der Waals surface area (Å²) in [5.41, 5.74) is 7.03. The Kier molecular flexibility index (Phi) is 18.5. The molecule has 0 unspecified atom stereocenters. The lowest BCUT2D eigenvalue weighted by molar-refractivity contribution is 0.415. The third-order valence-corrected chi connectivity index (χ3v) is 6.35. The van der Waals surface area contributed by atoms with E-state index in [0.29, 0.717) is 0 Å². The van der Waals surface area contributed by atoms with Crippen LogP contribution in [0.4, 0.5) is 5.69 Å². The molecule has 180 valence electrons. The molecule has 1 rings (SSSR count). The van der Waals surface area contributed by atoms with Crippen LogP contribution in [0.3, 0.4) is 0 Å². The molecule has 0 fully saturated rings. The van der Waals surface area contributed by atoms with Crippen LogP contribution in [0.25, 0.3) is 0 Å². The molecule has 0 aromatic heterocycles. The fraction of sp³-hybridized carbons (Fsp3) is 0.786. The molecule has 3 heteroatoms. The van der Waals surface area contributed by atoms with Crippen molar-refractivity contribution in [3.63, 3.8) is 0 Å². The molecule has 0 heterocycles. The molecular weight excluding hydrogens is 380 g/mol. The molecule has 0 aliphatic rings. The normalized spacial score (nSPS) is 11.1. The number of benzene rings is 1. The van der Waals surface area contributed by atoms with Crippen molar-refractivity contribution in [1.29, 1.82) is 0 Å². The summed E-state index contributed by atoms with van der Waals surface area (Å²) in [6, 6.07) is 8.44. The lowest BCUT2D eigenvalue weighted by atomic mass is 10.0. The predicted molar refractivity (Wildman–Crippen MR) is 138 cm³/mol. The van der Waals surface area contributed by atoms with Crippen LogP contribution >= 0.6 is 0 Å². The lowest BCUT2D eigenvalue weighted by Gasteiger charge is -2.25. The SMILES string of the molecule is CCCCCCCCCCCCCCCCCCN(CCCN)c1ccc(OC)cc1. The zero-order chi connectivity index (χ0) is 22.4. The van der Waals surface area contributed by atoms with E-state index in [1.165, 1.54) is 108 Å². The van der Waals surface area contributed by atoms with E-state index in [1.807, 2.05) is 0 Å². The average molecular weight is 433 g/mol. The summed E-state index contributed by atoms with van der Waals surface area (Å²) in [5.74, 6) is 0.921. The highest BCUT2D eigenvalue weighted by molar-refractivity contribution is 5.49.